The summed E-state index contributed by atoms with van der Waals surface area (Å²) >= 11 is 0. The zero-order valence-corrected chi connectivity index (χ0v) is 25.6. The Hall–Kier alpha value is -4.95. The van der Waals surface area contributed by atoms with Crippen molar-refractivity contribution in [1.82, 2.24) is 9.97 Å². The second-order valence-corrected chi connectivity index (χ2v) is 10.1. The summed E-state index contributed by atoms with van der Waals surface area (Å²) in [5.74, 6) is 0. The van der Waals surface area contributed by atoms with Crippen LogP contribution in [0.15, 0.2) is 158 Å². The molecule has 6 aromatic carbocycles. The molecule has 0 aliphatic carbocycles. The van der Waals surface area contributed by atoms with Gasteiger partial charge in [0.05, 0.1) is 0 Å². The van der Waals surface area contributed by atoms with Crippen LogP contribution >= 0.6 is 0 Å². The molecular weight excluding hydrogens is 701 g/mol. The van der Waals surface area contributed by atoms with Crippen LogP contribution in [0.25, 0.3) is 66.0 Å². The van der Waals surface area contributed by atoms with E-state index in [-0.39, 0.29) is 20.1 Å². The van der Waals surface area contributed by atoms with Crippen LogP contribution in [0.1, 0.15) is 0 Å². The second-order valence-electron chi connectivity index (χ2n) is 10.1. The summed E-state index contributed by atoms with van der Waals surface area (Å²) in [5.41, 5.74) is 6.37. The van der Waals surface area contributed by atoms with Crippen LogP contribution in [-0.2, 0) is 20.1 Å². The minimum Gasteiger partial charge on any atom is -0.305 e. The summed E-state index contributed by atoms with van der Waals surface area (Å²) in [6, 6.07) is 56.6. The van der Waals surface area contributed by atoms with Crippen molar-refractivity contribution in [3.05, 3.63) is 170 Å². The van der Waals surface area contributed by atoms with Gasteiger partial charge in [-0.15, -0.1) is 59.2 Å². The second kappa shape index (κ2) is 12.9. The Bertz CT molecular complexity index is 2040. The van der Waals surface area contributed by atoms with Gasteiger partial charge in [0.15, 0.2) is 0 Å². The maximum absolute atomic E-state index is 4.47. The summed E-state index contributed by atoms with van der Waals surface area (Å²) in [5, 5.41) is 7.62. The van der Waals surface area contributed by atoms with Crippen LogP contribution in [0.4, 0.5) is 0 Å². The quantitative estimate of drug-likeness (QED) is 0.134. The van der Waals surface area contributed by atoms with Gasteiger partial charge in [-0.25, -0.2) is 0 Å². The van der Waals surface area contributed by atoms with E-state index in [0.29, 0.717) is 0 Å². The minimum absolute atomic E-state index is 0. The molecule has 0 atom stereocenters. The van der Waals surface area contributed by atoms with Gasteiger partial charge in [-0.1, -0.05) is 119 Å². The van der Waals surface area contributed by atoms with Gasteiger partial charge in [0.2, 0.25) is 0 Å². The smallest absolute Gasteiger partial charge is 0.0160 e. The number of hydrogen-bond donors (Lipinski definition) is 0. The first-order valence-electron chi connectivity index (χ1n) is 14.0. The van der Waals surface area contributed by atoms with Gasteiger partial charge in [0, 0.05) is 32.5 Å². The molecule has 0 saturated heterocycles. The molecule has 0 bridgehead atoms. The first-order valence-corrected chi connectivity index (χ1v) is 14.0. The Kier molecular flexibility index (Phi) is 8.47. The summed E-state index contributed by atoms with van der Waals surface area (Å²) in [6.45, 7) is 0. The molecular formula is C40H26IrN2-2. The fourth-order valence-electron chi connectivity index (χ4n) is 5.46. The van der Waals surface area contributed by atoms with E-state index >= 15 is 0 Å². The monoisotopic (exact) mass is 727 g/mol. The molecule has 2 heterocycles. The predicted molar refractivity (Wildman–Crippen MR) is 175 cm³/mol. The van der Waals surface area contributed by atoms with E-state index in [1.165, 1.54) is 43.4 Å². The first kappa shape index (κ1) is 28.2. The molecule has 2 aromatic heterocycles. The minimum atomic E-state index is 0. The maximum atomic E-state index is 4.47. The maximum Gasteiger partial charge on any atom is 0.0160 e. The molecule has 0 aliphatic heterocycles. The van der Waals surface area contributed by atoms with Gasteiger partial charge >= 0.3 is 0 Å². The number of nitrogens with zero attached hydrogens (tertiary/aromatic N) is 2. The van der Waals surface area contributed by atoms with Crippen LogP contribution in [-0.4, -0.2) is 9.97 Å². The van der Waals surface area contributed by atoms with E-state index in [4.69, 9.17) is 0 Å². The van der Waals surface area contributed by atoms with Crippen molar-refractivity contribution in [1.29, 1.82) is 0 Å². The van der Waals surface area contributed by atoms with Crippen molar-refractivity contribution in [2.24, 2.45) is 0 Å². The zero-order valence-electron chi connectivity index (χ0n) is 23.2. The first-order chi connectivity index (χ1) is 20.8. The van der Waals surface area contributed by atoms with E-state index in [9.17, 15) is 0 Å². The third kappa shape index (κ3) is 5.87. The van der Waals surface area contributed by atoms with E-state index in [1.54, 1.807) is 6.20 Å². The molecule has 0 fully saturated rings. The Morgan fingerprint density at radius 1 is 0.395 bits per heavy atom. The largest absolute Gasteiger partial charge is 0.305 e. The summed E-state index contributed by atoms with van der Waals surface area (Å²) in [4.78, 5) is 8.82. The summed E-state index contributed by atoms with van der Waals surface area (Å²) in [6.07, 6.45) is 3.63. The molecule has 0 unspecified atom stereocenters. The Morgan fingerprint density at radius 3 is 1.49 bits per heavy atom. The van der Waals surface area contributed by atoms with Crippen LogP contribution in [0.5, 0.6) is 0 Å². The fraction of sp³-hybridized carbons (Fsp3) is 0. The molecule has 8 rings (SSSR count). The van der Waals surface area contributed by atoms with E-state index in [1.807, 2.05) is 66.9 Å². The van der Waals surface area contributed by atoms with Crippen molar-refractivity contribution < 1.29 is 20.1 Å². The number of hydrogen-bond acceptors (Lipinski definition) is 2. The molecule has 8 aromatic rings. The van der Waals surface area contributed by atoms with Gasteiger partial charge in [-0.05, 0) is 45.2 Å². The van der Waals surface area contributed by atoms with Crippen LogP contribution < -0.4 is 0 Å². The Morgan fingerprint density at radius 2 is 0.907 bits per heavy atom. The van der Waals surface area contributed by atoms with Crippen molar-refractivity contribution in [2.45, 2.75) is 0 Å². The summed E-state index contributed by atoms with van der Waals surface area (Å²) in [7, 11) is 0. The Labute approximate surface area is 265 Å². The molecule has 0 saturated carbocycles. The SMILES string of the molecule is [Ir].[c-]1cc2c3ccccc3c3ccccc3c2cc1-c1ccccn1.[c-]1ccc(-c2ccccc2)cc1-c1ccccn1. The van der Waals surface area contributed by atoms with Gasteiger partial charge in [0.25, 0.3) is 0 Å². The molecule has 0 spiro atoms. The zero-order chi connectivity index (χ0) is 28.1. The number of fused-ring (bicyclic) bond motifs is 6. The molecule has 207 valence electrons. The van der Waals surface area contributed by atoms with E-state index in [0.717, 1.165) is 22.5 Å². The third-order valence-electron chi connectivity index (χ3n) is 7.47. The third-order valence-corrected chi connectivity index (χ3v) is 7.47. The fourth-order valence-corrected chi connectivity index (χ4v) is 5.46. The molecule has 3 heteroatoms. The molecule has 1 radical (unpaired) electrons. The van der Waals surface area contributed by atoms with Gasteiger partial charge in [0.1, 0.15) is 0 Å². The van der Waals surface area contributed by atoms with Gasteiger partial charge in [-0.2, -0.15) is 0 Å². The standard InChI is InChI=1S/C23H14N.C17H12N.Ir/c1-2-9-19-17(7-1)18-8-3-4-10-20(18)22-15-16(12-13-21(19)22)23-11-5-6-14-24-23;1-2-7-14(8-3-1)15-9-6-10-16(13-15)17-11-4-5-12-18-17;/h1-11,13-15H;1-9,11-13H;/q2*-1;. The van der Waals surface area contributed by atoms with Gasteiger partial charge in [-0.3, -0.25) is 0 Å². The van der Waals surface area contributed by atoms with E-state index in [2.05, 4.69) is 107 Å². The van der Waals surface area contributed by atoms with Crippen molar-refractivity contribution in [3.63, 3.8) is 0 Å². The topological polar surface area (TPSA) is 25.8 Å². The molecule has 2 nitrogen and oxygen atoms in total. The number of benzene rings is 6. The Balaban J connectivity index is 0.000000156. The average Bonchev–Trinajstić information content (AvgIpc) is 3.10. The van der Waals surface area contributed by atoms with Crippen molar-refractivity contribution in [2.75, 3.05) is 0 Å². The molecule has 0 aliphatic rings. The van der Waals surface area contributed by atoms with Gasteiger partial charge < -0.3 is 9.97 Å². The molecule has 0 N–H and O–H groups in total. The van der Waals surface area contributed by atoms with Crippen LogP contribution in [0, 0.1) is 12.1 Å². The predicted octanol–water partition coefficient (Wildman–Crippen LogP) is 10.2. The normalized spacial score (nSPS) is 10.6. The van der Waals surface area contributed by atoms with E-state index < -0.39 is 0 Å². The van der Waals surface area contributed by atoms with Crippen LogP contribution in [0.3, 0.4) is 0 Å². The molecule has 0 amide bonds. The van der Waals surface area contributed by atoms with Crippen LogP contribution in [0.2, 0.25) is 0 Å². The summed E-state index contributed by atoms with van der Waals surface area (Å²) < 4.78 is 0. The van der Waals surface area contributed by atoms with Crippen molar-refractivity contribution >= 4 is 32.3 Å². The van der Waals surface area contributed by atoms with Crippen molar-refractivity contribution in [3.8, 4) is 33.6 Å². The average molecular weight is 727 g/mol. The number of rotatable bonds is 3. The molecule has 43 heavy (non-hydrogen) atoms. The number of pyridine rings is 2. The number of aromatic nitrogens is 2.